The first-order valence-corrected chi connectivity index (χ1v) is 21.5. The van der Waals surface area contributed by atoms with Crippen LogP contribution in [0, 0.1) is 49.4 Å². The average molecular weight is 1130 g/mol. The van der Waals surface area contributed by atoms with Crippen molar-refractivity contribution in [1.82, 2.24) is 0 Å². The van der Waals surface area contributed by atoms with Gasteiger partial charge in [0.25, 0.3) is 0 Å². The molecule has 0 aromatic carbocycles. The molecule has 0 fully saturated rings. The van der Waals surface area contributed by atoms with Crippen LogP contribution in [0.25, 0.3) is 0 Å². The van der Waals surface area contributed by atoms with Crippen molar-refractivity contribution >= 4 is 30.4 Å². The summed E-state index contributed by atoms with van der Waals surface area (Å²) in [6, 6.07) is 0. The molecule has 0 saturated heterocycles. The molecule has 24 N–H and O–H groups in total. The van der Waals surface area contributed by atoms with E-state index in [1.54, 1.807) is 111 Å². The zero-order valence-electron chi connectivity index (χ0n) is 35.5. The van der Waals surface area contributed by atoms with Gasteiger partial charge < -0.3 is 128 Å². The van der Waals surface area contributed by atoms with Crippen molar-refractivity contribution in [2.75, 3.05) is 11.8 Å². The average Bonchev–Trinajstić information content (AvgIpc) is 2.60. The molecule has 0 bridgehead atoms. The molecule has 0 heterocycles. The third-order valence-electron chi connectivity index (χ3n) is 3.66. The Bertz CT molecular complexity index is 769. The van der Waals surface area contributed by atoms with Crippen LogP contribution >= 0.6 is 30.4 Å². The summed E-state index contributed by atoms with van der Waals surface area (Å²) in [5.41, 5.74) is 0. The smallest absolute Gasteiger partial charge is 1.00 e. The van der Waals surface area contributed by atoms with Gasteiger partial charge in [-0.2, -0.15) is 0 Å². The van der Waals surface area contributed by atoms with E-state index >= 15 is 0 Å². The van der Waals surface area contributed by atoms with Gasteiger partial charge in [0.1, 0.15) is 0 Å². The van der Waals surface area contributed by atoms with Gasteiger partial charge in [0.2, 0.25) is 0 Å². The Labute approximate surface area is 394 Å². The fourth-order valence-corrected chi connectivity index (χ4v) is 14.2. The van der Waals surface area contributed by atoms with Gasteiger partial charge in [-0.3, -0.25) is 18.3 Å². The summed E-state index contributed by atoms with van der Waals surface area (Å²) >= 11 is 0. The third-order valence-corrected chi connectivity index (χ3v) is 15.1. The summed E-state index contributed by atoms with van der Waals surface area (Å²) in [7, 11) is -14.3. The third kappa shape index (κ3) is 58.7. The molecule has 0 aliphatic carbocycles. The van der Waals surface area contributed by atoms with Crippen LogP contribution in [0.15, 0.2) is 0 Å². The predicted octanol–water partition coefficient (Wildman–Crippen LogP) is -7.56. The van der Waals surface area contributed by atoms with Gasteiger partial charge in [-0.25, -0.2) is 0 Å². The van der Waals surface area contributed by atoms with Crippen LogP contribution < -0.4 is 37.2 Å². The van der Waals surface area contributed by atoms with Gasteiger partial charge in [-0.15, -0.1) is 0 Å². The van der Waals surface area contributed by atoms with Crippen LogP contribution in [0.1, 0.15) is 111 Å². The summed E-state index contributed by atoms with van der Waals surface area (Å²) in [5.74, 6) is -0.764. The molecule has 0 aromatic heterocycles. The molecule has 0 rings (SSSR count). The number of halogens is 3. The molecule has 22 nitrogen and oxygen atoms in total. The van der Waals surface area contributed by atoms with Crippen molar-refractivity contribution < 1.29 is 196 Å². The Hall–Kier alpha value is 2.65. The summed E-state index contributed by atoms with van der Waals surface area (Å²) in [4.78, 5) is 0. The molecule has 0 aromatic rings. The van der Waals surface area contributed by atoms with Crippen LogP contribution in [0.4, 0.5) is 0 Å². The van der Waals surface area contributed by atoms with E-state index in [-0.39, 0.29) is 202 Å². The minimum Gasteiger partial charge on any atom is -1.00 e. The Morgan fingerprint density at radius 2 is 0.357 bits per heavy atom. The predicted molar refractivity (Wildman–Crippen MR) is 211 cm³/mol. The molecule has 0 spiro atoms. The molecule has 0 radical (unpaired) electrons. The number of rotatable bonds is 20. The van der Waals surface area contributed by atoms with Crippen molar-refractivity contribution in [2.45, 2.75) is 160 Å². The van der Waals surface area contributed by atoms with Crippen molar-refractivity contribution in [3.8, 4) is 0 Å². The fraction of sp³-hybridized carbons (Fsp3) is 1.00. The molecule has 0 aliphatic heterocycles. The van der Waals surface area contributed by atoms with E-state index in [1.807, 2.05) is 0 Å². The van der Waals surface area contributed by atoms with Crippen molar-refractivity contribution in [2.24, 2.45) is 0 Å². The van der Waals surface area contributed by atoms with E-state index in [0.29, 0.717) is 0 Å². The maximum atomic E-state index is 12.8. The molecule has 0 amide bonds. The second-order valence-electron chi connectivity index (χ2n) is 12.0. The molecule has 0 unspecified atom stereocenters. The van der Waals surface area contributed by atoms with Crippen molar-refractivity contribution in [1.29, 1.82) is 0 Å². The largest absolute Gasteiger partial charge is 3.00 e. The van der Waals surface area contributed by atoms with Crippen LogP contribution in [0.2, 0.25) is 0 Å². The number of hydrogen-bond donors (Lipinski definition) is 0. The molecule has 0 aliphatic rings. The van der Waals surface area contributed by atoms with Crippen molar-refractivity contribution in [3.63, 3.8) is 0 Å². The Balaban J connectivity index is -0.0000000327. The normalized spacial score (nSPS) is 10.4. The summed E-state index contributed by atoms with van der Waals surface area (Å²) in [5, 5.41) is 0. The van der Waals surface area contributed by atoms with E-state index in [2.05, 4.69) is 0 Å². The van der Waals surface area contributed by atoms with Gasteiger partial charge in [-0.1, -0.05) is 0 Å². The van der Waals surface area contributed by atoms with E-state index in [4.69, 9.17) is 36.2 Å². The zero-order valence-corrected chi connectivity index (χ0v) is 43.8. The van der Waals surface area contributed by atoms with Gasteiger partial charge in [0.15, 0.2) is 11.8 Å². The summed E-state index contributed by atoms with van der Waals surface area (Å²) < 4.78 is 94.6. The minimum atomic E-state index is -3.58. The first-order chi connectivity index (χ1) is 18.7. The minimum absolute atomic E-state index is 0. The van der Waals surface area contributed by atoms with Gasteiger partial charge in [-0.05, 0) is 111 Å². The van der Waals surface area contributed by atoms with Gasteiger partial charge >= 0.3 is 79.8 Å². The molecule has 30 heteroatoms. The summed E-state index contributed by atoms with van der Waals surface area (Å²) in [6.07, 6.45) is -2.55. The van der Waals surface area contributed by atoms with Crippen LogP contribution in [0.5, 0.6) is 0 Å². The quantitative estimate of drug-likeness (QED) is 0.0811. The molecule has 0 saturated carbocycles. The van der Waals surface area contributed by atoms with Gasteiger partial charge in [0.05, 0.1) is 48.8 Å². The Morgan fingerprint density at radius 1 is 0.286 bits per heavy atom. The summed E-state index contributed by atoms with van der Waals surface area (Å²) in [6.45, 7) is 27.9. The monoisotopic (exact) mass is 1130 g/mol. The SMILES string of the molecule is CC(C)OP(=O)(CP(=O)(OC(C)C)OC(C)C)OC(C)C.CC(C)OP(=O)(CP(=O)(OC(C)C)OC(C)C)OC(C)C.O.O.O.O.O.O.[Cl-].[Cl-].[Cl-].[Eu+3].[OH3+].[OH3+].[OH3+].[OH3+]. The van der Waals surface area contributed by atoms with E-state index < -0.39 is 30.4 Å². The van der Waals surface area contributed by atoms with Crippen LogP contribution in [-0.4, -0.2) is 93.5 Å². The zero-order chi connectivity index (χ0) is 33.7. The van der Waals surface area contributed by atoms with Gasteiger partial charge in [0, 0.05) is 0 Å². The molecule has 56 heavy (non-hydrogen) atoms. The van der Waals surface area contributed by atoms with E-state index in [1.165, 1.54) is 0 Å². The molecular weight excluding hydrogens is 1050 g/mol. The maximum Gasteiger partial charge on any atom is 3.00 e. The van der Waals surface area contributed by atoms with Crippen molar-refractivity contribution in [3.05, 3.63) is 0 Å². The number of hydrogen-bond acceptors (Lipinski definition) is 12. The van der Waals surface area contributed by atoms with E-state index in [9.17, 15) is 18.3 Å². The Kier molecular flexibility index (Phi) is 96.3. The standard InChI is InChI=1S/2C13H30O6P2.3ClH.Eu.10H2O/c2*1-10(2)16-20(14,17-11(3)4)9-21(15,18-12(5)6)19-13(7)8;;;;;;;;;;;;;;/h2*10-13H,9H2,1-8H3;3*1H;;10*1H2/q;;;;;+3;;;;;;;;;;/p+1. The first-order valence-electron chi connectivity index (χ1n) is 14.6. The van der Waals surface area contributed by atoms with Crippen LogP contribution in [-0.2, 0) is 76.4 Å². The topological polar surface area (TPSA) is 463 Å². The van der Waals surface area contributed by atoms with E-state index in [0.717, 1.165) is 0 Å². The Morgan fingerprint density at radius 3 is 0.411 bits per heavy atom. The first kappa shape index (κ1) is 107. The molecular formula is C26H84Cl3EuO22P4+4. The fourth-order valence-electron chi connectivity index (χ4n) is 3.36. The maximum absolute atomic E-state index is 12.8. The second-order valence-corrected chi connectivity index (χ2v) is 20.8. The second kappa shape index (κ2) is 50.3. The molecule has 364 valence electrons. The van der Waals surface area contributed by atoms with Crippen LogP contribution in [0.3, 0.4) is 0 Å². The molecule has 0 atom stereocenters.